The van der Waals surface area contributed by atoms with Crippen LogP contribution in [0.5, 0.6) is 0 Å². The van der Waals surface area contributed by atoms with Crippen molar-refractivity contribution in [2.75, 3.05) is 5.75 Å². The summed E-state index contributed by atoms with van der Waals surface area (Å²) in [5.74, 6) is 1.17. The zero-order valence-electron chi connectivity index (χ0n) is 14.1. The highest BCUT2D eigenvalue weighted by Crippen LogP contribution is 2.24. The number of carbonyl (C=O) groups is 1. The van der Waals surface area contributed by atoms with Gasteiger partial charge in [0.15, 0.2) is 0 Å². The first kappa shape index (κ1) is 19.5. The molecular weight excluding hydrogens is 405 g/mol. The first-order valence-electron chi connectivity index (χ1n) is 7.97. The number of hydrogen-bond donors (Lipinski definition) is 1. The highest BCUT2D eigenvalue weighted by molar-refractivity contribution is 7.99. The topological polar surface area (TPSA) is 67.5 Å². The second-order valence-corrected chi connectivity index (χ2v) is 7.22. The maximum absolute atomic E-state index is 11.8. The Labute approximate surface area is 170 Å². The number of amides is 1. The molecule has 0 fully saturated rings. The van der Waals surface area contributed by atoms with Crippen molar-refractivity contribution < 1.29 is 9.21 Å². The quantitative estimate of drug-likeness (QED) is 0.430. The van der Waals surface area contributed by atoms with Gasteiger partial charge in [0.1, 0.15) is 5.69 Å². The molecule has 0 saturated heterocycles. The SMILES string of the molecule is O=C(CSCc1ccc(Cl)cc1)N/N=C/c1nc(-c2ccccc2)oc1Cl. The van der Waals surface area contributed by atoms with Gasteiger partial charge in [0, 0.05) is 16.3 Å². The summed E-state index contributed by atoms with van der Waals surface area (Å²) < 4.78 is 5.42. The van der Waals surface area contributed by atoms with E-state index in [1.165, 1.54) is 18.0 Å². The maximum atomic E-state index is 11.8. The van der Waals surface area contributed by atoms with Crippen LogP contribution in [0.15, 0.2) is 64.1 Å². The summed E-state index contributed by atoms with van der Waals surface area (Å²) in [6, 6.07) is 16.9. The van der Waals surface area contributed by atoms with Gasteiger partial charge >= 0.3 is 0 Å². The van der Waals surface area contributed by atoms with Gasteiger partial charge in [0.05, 0.1) is 12.0 Å². The van der Waals surface area contributed by atoms with E-state index >= 15 is 0 Å². The normalized spacial score (nSPS) is 11.0. The average molecular weight is 420 g/mol. The Morgan fingerprint density at radius 2 is 1.89 bits per heavy atom. The number of nitrogens with one attached hydrogen (secondary N) is 1. The van der Waals surface area contributed by atoms with Crippen LogP contribution in [0.1, 0.15) is 11.3 Å². The van der Waals surface area contributed by atoms with Crippen molar-refractivity contribution in [2.24, 2.45) is 5.10 Å². The van der Waals surface area contributed by atoms with E-state index in [1.54, 1.807) is 0 Å². The molecule has 0 spiro atoms. The van der Waals surface area contributed by atoms with Crippen molar-refractivity contribution in [3.05, 3.63) is 76.1 Å². The predicted octanol–water partition coefficient (Wildman–Crippen LogP) is 5.03. The lowest BCUT2D eigenvalue weighted by Crippen LogP contribution is -2.19. The lowest BCUT2D eigenvalue weighted by Gasteiger charge is -2.01. The number of hydrogen-bond acceptors (Lipinski definition) is 5. The number of aromatic nitrogens is 1. The molecule has 0 aliphatic rings. The first-order chi connectivity index (χ1) is 13.1. The molecule has 138 valence electrons. The minimum absolute atomic E-state index is 0.115. The van der Waals surface area contributed by atoms with Crippen molar-refractivity contribution in [3.8, 4) is 11.5 Å². The third-order valence-corrected chi connectivity index (χ3v) is 4.95. The van der Waals surface area contributed by atoms with Gasteiger partial charge in [-0.05, 0) is 41.4 Å². The molecule has 0 aliphatic carbocycles. The Morgan fingerprint density at radius 1 is 1.15 bits per heavy atom. The Hall–Kier alpha value is -2.28. The number of rotatable bonds is 7. The predicted molar refractivity (Wildman–Crippen MR) is 110 cm³/mol. The van der Waals surface area contributed by atoms with Gasteiger partial charge in [-0.15, -0.1) is 11.8 Å². The molecule has 0 radical (unpaired) electrons. The fraction of sp³-hybridized carbons (Fsp3) is 0.105. The molecule has 0 atom stereocenters. The van der Waals surface area contributed by atoms with E-state index in [0.29, 0.717) is 22.4 Å². The molecule has 1 aromatic heterocycles. The standard InChI is InChI=1S/C19H15Cl2N3O2S/c20-15-8-6-13(7-9-15)11-27-12-17(25)24-22-10-16-18(21)26-19(23-16)14-4-2-1-3-5-14/h1-10H,11-12H2,(H,24,25)/b22-10+. The third-order valence-electron chi connectivity index (χ3n) is 3.42. The molecule has 0 aliphatic heterocycles. The summed E-state index contributed by atoms with van der Waals surface area (Å²) in [6.45, 7) is 0. The number of carbonyl (C=O) groups excluding carboxylic acids is 1. The summed E-state index contributed by atoms with van der Waals surface area (Å²) in [5.41, 5.74) is 4.71. The maximum Gasteiger partial charge on any atom is 0.250 e. The molecule has 1 N–H and O–H groups in total. The number of benzene rings is 2. The van der Waals surface area contributed by atoms with Crippen LogP contribution >= 0.6 is 35.0 Å². The lowest BCUT2D eigenvalue weighted by atomic mass is 10.2. The van der Waals surface area contributed by atoms with E-state index in [0.717, 1.165) is 11.1 Å². The van der Waals surface area contributed by atoms with Gasteiger partial charge in [-0.3, -0.25) is 4.79 Å². The highest BCUT2D eigenvalue weighted by atomic mass is 35.5. The second kappa shape index (κ2) is 9.60. The summed E-state index contributed by atoms with van der Waals surface area (Å²) in [4.78, 5) is 16.1. The van der Waals surface area contributed by atoms with E-state index in [-0.39, 0.29) is 16.9 Å². The molecular formula is C19H15Cl2N3O2S. The van der Waals surface area contributed by atoms with Gasteiger partial charge in [-0.25, -0.2) is 10.4 Å². The molecule has 0 unspecified atom stereocenters. The van der Waals surface area contributed by atoms with Crippen LogP contribution in [-0.2, 0) is 10.5 Å². The van der Waals surface area contributed by atoms with E-state index in [9.17, 15) is 4.79 Å². The van der Waals surface area contributed by atoms with Crippen molar-refractivity contribution in [3.63, 3.8) is 0 Å². The monoisotopic (exact) mass is 419 g/mol. The van der Waals surface area contributed by atoms with Gasteiger partial charge < -0.3 is 4.42 Å². The molecule has 8 heteroatoms. The minimum atomic E-state index is -0.215. The second-order valence-electron chi connectivity index (χ2n) is 5.46. The van der Waals surface area contributed by atoms with Crippen LogP contribution < -0.4 is 5.43 Å². The highest BCUT2D eigenvalue weighted by Gasteiger charge is 2.11. The Kier molecular flexibility index (Phi) is 6.92. The van der Waals surface area contributed by atoms with Crippen LogP contribution in [0.2, 0.25) is 10.2 Å². The van der Waals surface area contributed by atoms with Crippen LogP contribution in [0.25, 0.3) is 11.5 Å². The fourth-order valence-electron chi connectivity index (χ4n) is 2.14. The van der Waals surface area contributed by atoms with Crippen molar-refractivity contribution in [2.45, 2.75) is 5.75 Å². The zero-order chi connectivity index (χ0) is 19.1. The minimum Gasteiger partial charge on any atom is -0.424 e. The van der Waals surface area contributed by atoms with E-state index in [1.807, 2.05) is 54.6 Å². The number of halogens is 2. The largest absolute Gasteiger partial charge is 0.424 e. The summed E-state index contributed by atoms with van der Waals surface area (Å²) in [7, 11) is 0. The first-order valence-corrected chi connectivity index (χ1v) is 9.89. The smallest absolute Gasteiger partial charge is 0.250 e. The molecule has 2 aromatic carbocycles. The van der Waals surface area contributed by atoms with Crippen LogP contribution in [0.3, 0.4) is 0 Å². The fourth-order valence-corrected chi connectivity index (χ4v) is 3.21. The van der Waals surface area contributed by atoms with Crippen molar-refractivity contribution >= 4 is 47.1 Å². The number of oxazole rings is 1. The molecule has 0 saturated carbocycles. The van der Waals surface area contributed by atoms with Crippen LogP contribution in [0, 0.1) is 0 Å². The van der Waals surface area contributed by atoms with Gasteiger partial charge in [0.25, 0.3) is 0 Å². The van der Waals surface area contributed by atoms with Crippen LogP contribution in [0.4, 0.5) is 0 Å². The molecule has 1 heterocycles. The van der Waals surface area contributed by atoms with Gasteiger partial charge in [0.2, 0.25) is 17.0 Å². The number of thioether (sulfide) groups is 1. The van der Waals surface area contributed by atoms with E-state index in [2.05, 4.69) is 15.5 Å². The van der Waals surface area contributed by atoms with Crippen molar-refractivity contribution in [1.82, 2.24) is 10.4 Å². The van der Waals surface area contributed by atoms with E-state index < -0.39 is 0 Å². The average Bonchev–Trinajstić information content (AvgIpc) is 3.05. The van der Waals surface area contributed by atoms with Crippen molar-refractivity contribution in [1.29, 1.82) is 0 Å². The molecule has 3 aromatic rings. The molecule has 1 amide bonds. The zero-order valence-corrected chi connectivity index (χ0v) is 16.4. The number of nitrogens with zero attached hydrogens (tertiary/aromatic N) is 2. The molecule has 0 bridgehead atoms. The summed E-state index contributed by atoms with van der Waals surface area (Å²) in [5, 5.41) is 4.69. The molecule has 5 nitrogen and oxygen atoms in total. The van der Waals surface area contributed by atoms with Gasteiger partial charge in [-0.2, -0.15) is 5.10 Å². The lowest BCUT2D eigenvalue weighted by molar-refractivity contribution is -0.118. The molecule has 27 heavy (non-hydrogen) atoms. The Balaban J connectivity index is 1.48. The summed E-state index contributed by atoms with van der Waals surface area (Å²) >= 11 is 13.4. The van der Waals surface area contributed by atoms with Gasteiger partial charge in [-0.1, -0.05) is 41.9 Å². The Bertz CT molecular complexity index is 928. The summed E-state index contributed by atoms with van der Waals surface area (Å²) in [6.07, 6.45) is 1.36. The third kappa shape index (κ3) is 5.85. The number of hydrazone groups is 1. The van der Waals surface area contributed by atoms with Crippen LogP contribution in [-0.4, -0.2) is 22.9 Å². The van der Waals surface area contributed by atoms with E-state index in [4.69, 9.17) is 27.6 Å². The Morgan fingerprint density at radius 3 is 2.63 bits per heavy atom. The molecule has 3 rings (SSSR count).